The topological polar surface area (TPSA) is 86.6 Å². The lowest BCUT2D eigenvalue weighted by atomic mass is 9.87. The summed E-state index contributed by atoms with van der Waals surface area (Å²) in [6.45, 7) is 8.80. The quantitative estimate of drug-likeness (QED) is 0.624. The van der Waals surface area contributed by atoms with Crippen LogP contribution >= 0.6 is 11.6 Å². The molecule has 2 aromatic rings. The van der Waals surface area contributed by atoms with Gasteiger partial charge in [-0.1, -0.05) is 11.6 Å². The smallest absolute Gasteiger partial charge is 0.136 e. The first-order valence-electron chi connectivity index (χ1n) is 11.7. The number of hydrogen-bond acceptors (Lipinski definition) is 8. The molecule has 0 unspecified atom stereocenters. The minimum absolute atomic E-state index is 0.408. The van der Waals surface area contributed by atoms with Crippen molar-refractivity contribution in [2.45, 2.75) is 31.7 Å². The Bertz CT molecular complexity index is 1000. The van der Waals surface area contributed by atoms with Crippen molar-refractivity contribution in [1.82, 2.24) is 14.9 Å². The lowest BCUT2D eigenvalue weighted by molar-refractivity contribution is -0.0712. The minimum atomic E-state index is 0.408. The zero-order valence-electron chi connectivity index (χ0n) is 19.0. The fourth-order valence-electron chi connectivity index (χ4n) is 4.86. The molecule has 1 aromatic heterocycles. The molecule has 0 radical (unpaired) electrons. The number of aromatic nitrogens is 2. The first kappa shape index (κ1) is 22.5. The molecular formula is C24H31ClN6O2. The normalized spacial score (nSPS) is 20.5. The van der Waals surface area contributed by atoms with Crippen LogP contribution in [-0.4, -0.2) is 79.7 Å². The summed E-state index contributed by atoms with van der Waals surface area (Å²) in [7, 11) is 0. The highest BCUT2D eigenvalue weighted by molar-refractivity contribution is 6.32. The Balaban J connectivity index is 1.37. The first-order valence-corrected chi connectivity index (χ1v) is 12.1. The van der Waals surface area contributed by atoms with Gasteiger partial charge in [0.05, 0.1) is 32.5 Å². The Labute approximate surface area is 199 Å². The number of benzene rings is 1. The maximum absolute atomic E-state index is 7.91. The summed E-state index contributed by atoms with van der Waals surface area (Å²) in [4.78, 5) is 14.0. The Morgan fingerprint density at radius 1 is 1.06 bits per heavy atom. The van der Waals surface area contributed by atoms with Gasteiger partial charge in [-0.15, -0.1) is 0 Å². The highest BCUT2D eigenvalue weighted by atomic mass is 35.5. The zero-order chi connectivity index (χ0) is 22.8. The second-order valence-corrected chi connectivity index (χ2v) is 9.40. The SMILES string of the molecule is Cc1nc(Nc2cc(C3CCN(C4COC4)CC3)c(Cl)cc2C=N)cc(N2CCOCC2)n1. The van der Waals surface area contributed by atoms with E-state index in [0.29, 0.717) is 31.0 Å². The van der Waals surface area contributed by atoms with Crippen LogP contribution in [-0.2, 0) is 9.47 Å². The zero-order valence-corrected chi connectivity index (χ0v) is 19.8. The molecule has 3 fully saturated rings. The molecule has 0 saturated carbocycles. The maximum Gasteiger partial charge on any atom is 0.136 e. The third kappa shape index (κ3) is 4.99. The number of hydrogen-bond donors (Lipinski definition) is 2. The fraction of sp³-hybridized carbons (Fsp3) is 0.542. The molecule has 0 bridgehead atoms. The van der Waals surface area contributed by atoms with E-state index in [1.54, 1.807) is 0 Å². The van der Waals surface area contributed by atoms with Crippen LogP contribution in [0, 0.1) is 12.3 Å². The third-order valence-electron chi connectivity index (χ3n) is 6.85. The number of ether oxygens (including phenoxy) is 2. The van der Waals surface area contributed by atoms with Crippen LogP contribution in [0.2, 0.25) is 5.02 Å². The molecule has 0 amide bonds. The van der Waals surface area contributed by atoms with Crippen molar-refractivity contribution in [2.75, 3.05) is 62.8 Å². The Kier molecular flexibility index (Phi) is 6.78. The van der Waals surface area contributed by atoms with Gasteiger partial charge in [0.2, 0.25) is 0 Å². The molecule has 9 heteroatoms. The van der Waals surface area contributed by atoms with Crippen molar-refractivity contribution < 1.29 is 9.47 Å². The summed E-state index contributed by atoms with van der Waals surface area (Å²) < 4.78 is 10.8. The Morgan fingerprint density at radius 2 is 1.82 bits per heavy atom. The summed E-state index contributed by atoms with van der Waals surface area (Å²) in [6.07, 6.45) is 3.49. The molecule has 8 nitrogen and oxygen atoms in total. The molecular weight excluding hydrogens is 440 g/mol. The molecule has 176 valence electrons. The summed E-state index contributed by atoms with van der Waals surface area (Å²) in [5.74, 6) is 2.73. The average Bonchev–Trinajstić information content (AvgIpc) is 2.80. The standard InChI is InChI=1S/C24H31ClN6O2/c1-16-27-23(12-24(28-16)31-6-8-32-9-7-31)29-22-11-20(21(25)10-18(22)13-26)17-2-4-30(5-3-17)19-14-33-15-19/h10-13,17,19,26H,2-9,14-15H2,1H3,(H,27,28,29). The maximum atomic E-state index is 7.91. The highest BCUT2D eigenvalue weighted by Gasteiger charge is 2.31. The van der Waals surface area contributed by atoms with Gasteiger partial charge in [0, 0.05) is 41.6 Å². The molecule has 1 aromatic carbocycles. The molecule has 0 atom stereocenters. The number of nitrogens with one attached hydrogen (secondary N) is 2. The van der Waals surface area contributed by atoms with Crippen LogP contribution in [0.4, 0.5) is 17.3 Å². The van der Waals surface area contributed by atoms with E-state index in [1.807, 2.05) is 19.1 Å². The van der Waals surface area contributed by atoms with E-state index in [4.69, 9.17) is 26.5 Å². The van der Waals surface area contributed by atoms with Gasteiger partial charge in [-0.05, 0) is 56.5 Å². The molecule has 5 rings (SSSR count). The van der Waals surface area contributed by atoms with Crippen LogP contribution in [0.5, 0.6) is 0 Å². The first-order chi connectivity index (χ1) is 16.1. The highest BCUT2D eigenvalue weighted by Crippen LogP contribution is 2.37. The van der Waals surface area contributed by atoms with E-state index in [0.717, 1.165) is 85.7 Å². The number of aryl methyl sites for hydroxylation is 1. The molecule has 0 spiro atoms. The van der Waals surface area contributed by atoms with Crippen LogP contribution in [0.15, 0.2) is 18.2 Å². The van der Waals surface area contributed by atoms with Crippen LogP contribution < -0.4 is 10.2 Å². The van der Waals surface area contributed by atoms with Crippen molar-refractivity contribution in [3.05, 3.63) is 40.2 Å². The average molecular weight is 471 g/mol. The van der Waals surface area contributed by atoms with Crippen molar-refractivity contribution in [3.8, 4) is 0 Å². The summed E-state index contributed by atoms with van der Waals surface area (Å²) in [5, 5.41) is 12.1. The van der Waals surface area contributed by atoms with E-state index in [2.05, 4.69) is 31.2 Å². The largest absolute Gasteiger partial charge is 0.378 e. The van der Waals surface area contributed by atoms with E-state index in [1.165, 1.54) is 6.21 Å². The number of morpholine rings is 1. The van der Waals surface area contributed by atoms with E-state index in [9.17, 15) is 0 Å². The lowest BCUT2D eigenvalue weighted by Crippen LogP contribution is -2.51. The van der Waals surface area contributed by atoms with Crippen molar-refractivity contribution in [2.24, 2.45) is 0 Å². The molecule has 0 aliphatic carbocycles. The second kappa shape index (κ2) is 9.93. The monoisotopic (exact) mass is 470 g/mol. The third-order valence-corrected chi connectivity index (χ3v) is 7.18. The van der Waals surface area contributed by atoms with E-state index >= 15 is 0 Å². The van der Waals surface area contributed by atoms with Crippen LogP contribution in [0.25, 0.3) is 0 Å². The summed E-state index contributed by atoms with van der Waals surface area (Å²) in [5.41, 5.74) is 2.75. The van der Waals surface area contributed by atoms with Gasteiger partial charge in [0.1, 0.15) is 17.5 Å². The lowest BCUT2D eigenvalue weighted by Gasteiger charge is -2.41. The minimum Gasteiger partial charge on any atom is -0.378 e. The van der Waals surface area contributed by atoms with E-state index < -0.39 is 0 Å². The second-order valence-electron chi connectivity index (χ2n) is 8.99. The van der Waals surface area contributed by atoms with Gasteiger partial charge < -0.3 is 25.1 Å². The van der Waals surface area contributed by atoms with Crippen LogP contribution in [0.1, 0.15) is 35.7 Å². The van der Waals surface area contributed by atoms with Crippen molar-refractivity contribution >= 4 is 35.1 Å². The van der Waals surface area contributed by atoms with Gasteiger partial charge in [-0.3, -0.25) is 4.90 Å². The van der Waals surface area contributed by atoms with Gasteiger partial charge in [0.25, 0.3) is 0 Å². The van der Waals surface area contributed by atoms with Crippen LogP contribution in [0.3, 0.4) is 0 Å². The van der Waals surface area contributed by atoms with Crippen molar-refractivity contribution in [3.63, 3.8) is 0 Å². The fourth-order valence-corrected chi connectivity index (χ4v) is 5.19. The molecule has 3 saturated heterocycles. The molecule has 3 aliphatic heterocycles. The number of rotatable bonds is 6. The summed E-state index contributed by atoms with van der Waals surface area (Å²) in [6, 6.07) is 6.57. The predicted molar refractivity (Wildman–Crippen MR) is 131 cm³/mol. The molecule has 2 N–H and O–H groups in total. The van der Waals surface area contributed by atoms with Gasteiger partial charge >= 0.3 is 0 Å². The Morgan fingerprint density at radius 3 is 2.48 bits per heavy atom. The van der Waals surface area contributed by atoms with Gasteiger partial charge in [-0.2, -0.15) is 0 Å². The van der Waals surface area contributed by atoms with Gasteiger partial charge in [0.15, 0.2) is 0 Å². The van der Waals surface area contributed by atoms with Gasteiger partial charge in [-0.25, -0.2) is 9.97 Å². The number of nitrogens with zero attached hydrogens (tertiary/aromatic N) is 4. The molecule has 4 heterocycles. The predicted octanol–water partition coefficient (Wildman–Crippen LogP) is 3.59. The number of likely N-dealkylation sites (tertiary alicyclic amines) is 1. The van der Waals surface area contributed by atoms with Crippen molar-refractivity contribution in [1.29, 1.82) is 5.41 Å². The number of piperidine rings is 1. The number of anilines is 3. The molecule has 33 heavy (non-hydrogen) atoms. The number of halogens is 1. The Hall–Kier alpha value is -2.26. The van der Waals surface area contributed by atoms with E-state index in [-0.39, 0.29) is 0 Å². The molecule has 3 aliphatic rings. The summed E-state index contributed by atoms with van der Waals surface area (Å²) >= 11 is 6.70.